The van der Waals surface area contributed by atoms with Gasteiger partial charge in [0.15, 0.2) is 0 Å². The lowest BCUT2D eigenvalue weighted by Crippen LogP contribution is -3.12. The largest absolute Gasteiger partial charge is 0.756 e. The third kappa shape index (κ3) is 21.8. The second kappa shape index (κ2) is 21.2. The second-order valence-electron chi connectivity index (χ2n) is 6.48. The lowest BCUT2D eigenvalue weighted by atomic mass is 10.1. The highest BCUT2D eigenvalue weighted by atomic mass is 31.2. The summed E-state index contributed by atoms with van der Waals surface area (Å²) in [6.45, 7) is 11.3. The molecular weight excluding hydrogens is 383 g/mol. The van der Waals surface area contributed by atoms with Gasteiger partial charge < -0.3 is 29.3 Å². The van der Waals surface area contributed by atoms with Gasteiger partial charge in [0.25, 0.3) is 7.82 Å². The van der Waals surface area contributed by atoms with Crippen molar-refractivity contribution >= 4 is 13.7 Å². The molecule has 0 fully saturated rings. The Hall–Kier alpha value is -0.500. The molecule has 8 nitrogen and oxygen atoms in total. The van der Waals surface area contributed by atoms with Crippen molar-refractivity contribution in [3.05, 3.63) is 0 Å². The lowest BCUT2D eigenvalue weighted by molar-refractivity contribution is -0.897. The van der Waals surface area contributed by atoms with Crippen molar-refractivity contribution in [1.82, 2.24) is 5.32 Å². The van der Waals surface area contributed by atoms with Gasteiger partial charge in [-0.3, -0.25) is 9.36 Å². The van der Waals surface area contributed by atoms with Crippen LogP contribution in [0.3, 0.4) is 0 Å². The third-order valence-corrected chi connectivity index (χ3v) is 5.25. The van der Waals surface area contributed by atoms with Crippen LogP contribution in [0.25, 0.3) is 0 Å². The molecule has 3 N–H and O–H groups in total. The highest BCUT2D eigenvalue weighted by Gasteiger charge is 2.06. The predicted molar refractivity (Wildman–Crippen MR) is 110 cm³/mol. The number of carbonyl (C=O) groups excluding carboxylic acids is 1. The van der Waals surface area contributed by atoms with Crippen LogP contribution in [0.15, 0.2) is 0 Å². The van der Waals surface area contributed by atoms with Gasteiger partial charge in [-0.1, -0.05) is 39.0 Å². The zero-order valence-electron chi connectivity index (χ0n) is 18.3. The summed E-state index contributed by atoms with van der Waals surface area (Å²) in [6.07, 6.45) is 7.98. The van der Waals surface area contributed by atoms with Gasteiger partial charge in [0, 0.05) is 6.42 Å². The predicted octanol–water partition coefficient (Wildman–Crippen LogP) is 1.28. The number of aliphatic hydroxyl groups excluding tert-OH is 1. The summed E-state index contributed by atoms with van der Waals surface area (Å²) in [5.41, 5.74) is 0. The molecule has 0 heterocycles. The van der Waals surface area contributed by atoms with E-state index < -0.39 is 7.82 Å². The lowest BCUT2D eigenvalue weighted by Gasteiger charge is -2.20. The Morgan fingerprint density at radius 2 is 1.57 bits per heavy atom. The number of hydrogen-bond acceptors (Lipinski definition) is 6. The van der Waals surface area contributed by atoms with Gasteiger partial charge in [0.2, 0.25) is 5.91 Å². The number of amides is 1. The standard InChI is InChI=1S/C15H32N2O2.C4H11O4P/c1-3-5-6-7-8-9-10-15(19)16-11-12-17(4-2)13-14-18;1-3-7-9(5,6)8-4-2/h18H,3-14H2,1-2H3,(H,16,19);3-4H2,1-2H3,(H,5,6). The molecule has 0 saturated heterocycles. The van der Waals surface area contributed by atoms with E-state index in [1.807, 2.05) is 0 Å². The average molecular weight is 427 g/mol. The Bertz CT molecular complexity index is 389. The molecule has 0 rings (SSSR count). The number of nitrogens with one attached hydrogen (secondary N) is 2. The molecule has 0 aliphatic carbocycles. The number of phosphoric acid groups is 1. The Balaban J connectivity index is 0. The average Bonchev–Trinajstić information content (AvgIpc) is 2.64. The zero-order valence-corrected chi connectivity index (χ0v) is 19.2. The molecule has 9 heteroatoms. The summed E-state index contributed by atoms with van der Waals surface area (Å²) in [6, 6.07) is 0. The minimum absolute atomic E-state index is 0.126. The van der Waals surface area contributed by atoms with Gasteiger partial charge >= 0.3 is 0 Å². The molecule has 1 unspecified atom stereocenters. The molecule has 1 atom stereocenters. The Labute approximate surface area is 171 Å². The molecule has 0 saturated carbocycles. The Morgan fingerprint density at radius 1 is 1.00 bits per heavy atom. The number of carbonyl (C=O) groups is 1. The van der Waals surface area contributed by atoms with Crippen molar-refractivity contribution < 1.29 is 33.3 Å². The molecule has 0 radical (unpaired) electrons. The fourth-order valence-corrected chi connectivity index (χ4v) is 3.23. The molecule has 0 bridgehead atoms. The molecule has 0 aromatic carbocycles. The highest BCUT2D eigenvalue weighted by molar-refractivity contribution is 7.45. The summed E-state index contributed by atoms with van der Waals surface area (Å²) in [4.78, 5) is 23.3. The summed E-state index contributed by atoms with van der Waals surface area (Å²) in [5.74, 6) is 0.176. The highest BCUT2D eigenvalue weighted by Crippen LogP contribution is 2.37. The number of aliphatic hydroxyl groups is 1. The molecular formula is C19H43N2O6P. The van der Waals surface area contributed by atoms with E-state index in [0.717, 1.165) is 32.6 Å². The molecule has 0 aliphatic heterocycles. The SMILES string of the molecule is CCCCCCCCC(=O)NCC[NH+](CC)CCO.CCOP(=O)([O-])OCC. The summed E-state index contributed by atoms with van der Waals surface area (Å²) >= 11 is 0. The first-order valence-corrected chi connectivity index (χ1v) is 12.1. The Morgan fingerprint density at radius 3 is 2.07 bits per heavy atom. The fourth-order valence-electron chi connectivity index (χ4n) is 2.52. The van der Waals surface area contributed by atoms with Crippen LogP contribution in [0.4, 0.5) is 0 Å². The van der Waals surface area contributed by atoms with Crippen LogP contribution in [-0.2, 0) is 18.4 Å². The molecule has 0 aromatic rings. The van der Waals surface area contributed by atoms with Crippen LogP contribution in [0.5, 0.6) is 0 Å². The topological polar surface area (TPSA) is 112 Å². The maximum atomic E-state index is 11.6. The van der Waals surface area contributed by atoms with Crippen LogP contribution >= 0.6 is 7.82 Å². The van der Waals surface area contributed by atoms with Gasteiger partial charge in [-0.15, -0.1) is 0 Å². The maximum absolute atomic E-state index is 11.6. The summed E-state index contributed by atoms with van der Waals surface area (Å²) < 4.78 is 18.9. The first-order chi connectivity index (χ1) is 13.4. The first-order valence-electron chi connectivity index (χ1n) is 10.7. The number of rotatable bonds is 17. The minimum atomic E-state index is -3.94. The smallest absolute Gasteiger partial charge is 0.267 e. The summed E-state index contributed by atoms with van der Waals surface area (Å²) in [5, 5.41) is 11.8. The number of hydrogen-bond donors (Lipinski definition) is 3. The van der Waals surface area contributed by atoms with Gasteiger partial charge in [0.1, 0.15) is 6.54 Å². The summed E-state index contributed by atoms with van der Waals surface area (Å²) in [7, 11) is -3.94. The van der Waals surface area contributed by atoms with Crippen molar-refractivity contribution in [1.29, 1.82) is 0 Å². The molecule has 0 aromatic heterocycles. The van der Waals surface area contributed by atoms with E-state index >= 15 is 0 Å². The molecule has 28 heavy (non-hydrogen) atoms. The van der Waals surface area contributed by atoms with Crippen molar-refractivity contribution in [2.24, 2.45) is 0 Å². The number of unbranched alkanes of at least 4 members (excludes halogenated alkanes) is 5. The molecule has 170 valence electrons. The van der Waals surface area contributed by atoms with Crippen LogP contribution in [0, 0.1) is 0 Å². The van der Waals surface area contributed by atoms with Gasteiger partial charge in [-0.05, 0) is 27.2 Å². The normalized spacial score (nSPS) is 12.2. The van der Waals surface area contributed by atoms with E-state index in [9.17, 15) is 14.3 Å². The van der Waals surface area contributed by atoms with E-state index in [1.165, 1.54) is 37.0 Å². The van der Waals surface area contributed by atoms with E-state index in [2.05, 4.69) is 28.2 Å². The van der Waals surface area contributed by atoms with Crippen molar-refractivity contribution in [3.63, 3.8) is 0 Å². The monoisotopic (exact) mass is 426 g/mol. The van der Waals surface area contributed by atoms with Crippen LogP contribution in [-0.4, -0.2) is 57.0 Å². The minimum Gasteiger partial charge on any atom is -0.756 e. The van der Waals surface area contributed by atoms with E-state index in [0.29, 0.717) is 6.42 Å². The van der Waals surface area contributed by atoms with E-state index in [4.69, 9.17) is 5.11 Å². The number of likely N-dealkylation sites (N-methyl/N-ethyl adjacent to an activating group) is 1. The quantitative estimate of drug-likeness (QED) is 0.239. The number of phosphoric ester groups is 1. The van der Waals surface area contributed by atoms with Crippen molar-refractivity contribution in [2.75, 3.05) is 46.0 Å². The van der Waals surface area contributed by atoms with E-state index in [-0.39, 0.29) is 25.7 Å². The van der Waals surface area contributed by atoms with Crippen LogP contribution in [0.1, 0.15) is 72.6 Å². The van der Waals surface area contributed by atoms with Gasteiger partial charge in [-0.2, -0.15) is 0 Å². The molecule has 1 amide bonds. The zero-order chi connectivity index (χ0) is 21.7. The molecule has 0 spiro atoms. The second-order valence-corrected chi connectivity index (χ2v) is 7.89. The third-order valence-electron chi connectivity index (χ3n) is 4.10. The van der Waals surface area contributed by atoms with Crippen molar-refractivity contribution in [2.45, 2.75) is 72.6 Å². The van der Waals surface area contributed by atoms with Crippen LogP contribution < -0.4 is 15.1 Å². The van der Waals surface area contributed by atoms with Crippen LogP contribution in [0.2, 0.25) is 0 Å². The van der Waals surface area contributed by atoms with E-state index in [1.54, 1.807) is 13.8 Å². The van der Waals surface area contributed by atoms with Gasteiger partial charge in [-0.25, -0.2) is 0 Å². The first kappa shape index (κ1) is 29.7. The fraction of sp³-hybridized carbons (Fsp3) is 0.947. The number of quaternary nitrogens is 1. The van der Waals surface area contributed by atoms with Gasteiger partial charge in [0.05, 0.1) is 39.5 Å². The Kier molecular flexibility index (Phi) is 22.5. The maximum Gasteiger partial charge on any atom is 0.267 e. The van der Waals surface area contributed by atoms with Crippen molar-refractivity contribution in [3.8, 4) is 0 Å². The molecule has 0 aliphatic rings.